The smallest absolute Gasteiger partial charge is 0.310 e. The molecule has 0 amide bonds. The number of aliphatic carboxylic acids is 1. The quantitative estimate of drug-likeness (QED) is 0.365. The minimum Gasteiger partial charge on any atom is -0.481 e. The van der Waals surface area contributed by atoms with Gasteiger partial charge in [-0.1, -0.05) is 67.0 Å². The van der Waals surface area contributed by atoms with Crippen LogP contribution in [0.1, 0.15) is 113 Å². The van der Waals surface area contributed by atoms with Gasteiger partial charge in [-0.15, -0.1) is 0 Å². The Morgan fingerprint density at radius 1 is 0.829 bits per heavy atom. The molecule has 0 saturated heterocycles. The third-order valence-electron chi connectivity index (χ3n) is 14.1. The summed E-state index contributed by atoms with van der Waals surface area (Å²) in [6, 6.07) is 0. The number of fused-ring (bicyclic) bond motifs is 7. The molecule has 35 heavy (non-hydrogen) atoms. The Morgan fingerprint density at radius 3 is 2.09 bits per heavy atom. The van der Waals surface area contributed by atoms with Crippen LogP contribution in [-0.2, 0) is 4.79 Å². The van der Waals surface area contributed by atoms with Crippen molar-refractivity contribution in [3.8, 4) is 0 Å². The Kier molecular flexibility index (Phi) is 5.27. The van der Waals surface area contributed by atoms with Crippen molar-refractivity contribution in [3.05, 3.63) is 11.6 Å². The first-order valence-electron chi connectivity index (χ1n) is 14.2. The largest absolute Gasteiger partial charge is 0.481 e. The summed E-state index contributed by atoms with van der Waals surface area (Å²) in [5.74, 6) is -0.0583. The average Bonchev–Trinajstić information content (AvgIpc) is 2.75. The molecule has 4 saturated carbocycles. The van der Waals surface area contributed by atoms with E-state index in [2.05, 4.69) is 61.5 Å². The van der Waals surface area contributed by atoms with Crippen LogP contribution in [0.25, 0.3) is 0 Å². The molecule has 5 rings (SSSR count). The molecular formula is C31H50O4. The Balaban J connectivity index is 1.64. The molecule has 4 nitrogen and oxygen atoms in total. The van der Waals surface area contributed by atoms with Crippen LogP contribution in [0.5, 0.6) is 0 Å². The maximum absolute atomic E-state index is 12.8. The number of carboxylic acid groups (broad SMARTS) is 1. The number of carboxylic acids is 1. The van der Waals surface area contributed by atoms with Gasteiger partial charge < -0.3 is 15.3 Å². The first-order valence-corrected chi connectivity index (χ1v) is 14.2. The molecule has 0 heterocycles. The van der Waals surface area contributed by atoms with E-state index in [4.69, 9.17) is 0 Å². The Labute approximate surface area is 213 Å². The van der Waals surface area contributed by atoms with Gasteiger partial charge in [0.2, 0.25) is 0 Å². The van der Waals surface area contributed by atoms with E-state index in [1.165, 1.54) is 5.57 Å². The number of allylic oxidation sites excluding steroid dienone is 2. The highest BCUT2D eigenvalue weighted by molar-refractivity contribution is 5.76. The average molecular weight is 487 g/mol. The molecule has 5 aliphatic carbocycles. The lowest BCUT2D eigenvalue weighted by molar-refractivity contribution is -0.274. The summed E-state index contributed by atoms with van der Waals surface area (Å²) in [4.78, 5) is 12.8. The number of hydrogen-bond donors (Lipinski definition) is 3. The van der Waals surface area contributed by atoms with Crippen molar-refractivity contribution in [2.45, 2.75) is 125 Å². The van der Waals surface area contributed by atoms with Gasteiger partial charge in [0, 0.05) is 0 Å². The van der Waals surface area contributed by atoms with E-state index >= 15 is 0 Å². The van der Waals surface area contributed by atoms with Crippen LogP contribution in [0.15, 0.2) is 11.6 Å². The van der Waals surface area contributed by atoms with Gasteiger partial charge in [0.1, 0.15) is 0 Å². The molecular weight excluding hydrogens is 436 g/mol. The number of aliphatic hydroxyl groups excluding tert-OH is 2. The van der Waals surface area contributed by atoms with Crippen LogP contribution in [0.3, 0.4) is 0 Å². The van der Waals surface area contributed by atoms with Crippen LogP contribution >= 0.6 is 0 Å². The van der Waals surface area contributed by atoms with Gasteiger partial charge in [-0.2, -0.15) is 0 Å². The molecule has 0 aromatic heterocycles. The van der Waals surface area contributed by atoms with Crippen molar-refractivity contribution < 1.29 is 20.1 Å². The summed E-state index contributed by atoms with van der Waals surface area (Å²) >= 11 is 0. The van der Waals surface area contributed by atoms with Crippen LogP contribution < -0.4 is 0 Å². The molecule has 0 bridgehead atoms. The number of rotatable bonds is 1. The van der Waals surface area contributed by atoms with Gasteiger partial charge in [0.25, 0.3) is 0 Å². The van der Waals surface area contributed by atoms with E-state index < -0.39 is 23.6 Å². The second-order valence-corrected chi connectivity index (χ2v) is 15.8. The fraction of sp³-hybridized carbons (Fsp3) is 0.903. The second-order valence-electron chi connectivity index (χ2n) is 15.8. The molecule has 0 aromatic rings. The second kappa shape index (κ2) is 7.16. The Morgan fingerprint density at radius 2 is 1.46 bits per heavy atom. The van der Waals surface area contributed by atoms with Gasteiger partial charge in [-0.05, 0) is 102 Å². The topological polar surface area (TPSA) is 77.8 Å². The molecule has 9 atom stereocenters. The third kappa shape index (κ3) is 2.85. The fourth-order valence-electron chi connectivity index (χ4n) is 10.9. The lowest BCUT2D eigenvalue weighted by Crippen LogP contribution is -2.70. The van der Waals surface area contributed by atoms with E-state index in [1.54, 1.807) is 0 Å². The Hall–Kier alpha value is -0.870. The first-order chi connectivity index (χ1) is 15.9. The molecule has 4 fully saturated rings. The third-order valence-corrected chi connectivity index (χ3v) is 14.1. The highest BCUT2D eigenvalue weighted by Crippen LogP contribution is 2.78. The highest BCUT2D eigenvalue weighted by atomic mass is 16.4. The zero-order chi connectivity index (χ0) is 26.0. The van der Waals surface area contributed by atoms with E-state index in [0.717, 1.165) is 51.4 Å². The maximum atomic E-state index is 12.8. The summed E-state index contributed by atoms with van der Waals surface area (Å²) in [5.41, 5.74) is 0.495. The lowest BCUT2D eigenvalue weighted by Gasteiger charge is -2.74. The van der Waals surface area contributed by atoms with Gasteiger partial charge >= 0.3 is 5.97 Å². The van der Waals surface area contributed by atoms with Crippen molar-refractivity contribution in [2.75, 3.05) is 0 Å². The van der Waals surface area contributed by atoms with Crippen molar-refractivity contribution in [2.24, 2.45) is 49.7 Å². The molecule has 0 aromatic carbocycles. The number of aliphatic hydroxyl groups is 2. The molecule has 0 radical (unpaired) electrons. The molecule has 9 unspecified atom stereocenters. The lowest BCUT2D eigenvalue weighted by atomic mass is 9.30. The monoisotopic (exact) mass is 486 g/mol. The summed E-state index contributed by atoms with van der Waals surface area (Å²) in [7, 11) is 0. The molecule has 5 aliphatic rings. The van der Waals surface area contributed by atoms with E-state index in [0.29, 0.717) is 12.3 Å². The van der Waals surface area contributed by atoms with Crippen LogP contribution in [0, 0.1) is 49.7 Å². The van der Waals surface area contributed by atoms with Crippen molar-refractivity contribution in [3.63, 3.8) is 0 Å². The highest BCUT2D eigenvalue weighted by Gasteiger charge is 2.73. The first kappa shape index (κ1) is 25.8. The van der Waals surface area contributed by atoms with Crippen molar-refractivity contribution in [1.82, 2.24) is 0 Å². The maximum Gasteiger partial charge on any atom is 0.310 e. The summed E-state index contributed by atoms with van der Waals surface area (Å²) < 4.78 is 0. The number of carbonyl (C=O) groups is 1. The fourth-order valence-corrected chi connectivity index (χ4v) is 10.9. The van der Waals surface area contributed by atoms with Gasteiger partial charge in [0.05, 0.1) is 17.6 Å². The van der Waals surface area contributed by atoms with Crippen LogP contribution in [0.4, 0.5) is 0 Å². The van der Waals surface area contributed by atoms with Gasteiger partial charge in [-0.25, -0.2) is 0 Å². The Bertz CT molecular complexity index is 965. The molecule has 4 heteroatoms. The molecule has 0 spiro atoms. The predicted octanol–water partition coefficient (Wildman–Crippen LogP) is 6.59. The van der Waals surface area contributed by atoms with Crippen molar-refractivity contribution >= 4 is 5.97 Å². The minimum atomic E-state index is -0.703. The van der Waals surface area contributed by atoms with Crippen LogP contribution in [-0.4, -0.2) is 33.5 Å². The zero-order valence-corrected chi connectivity index (χ0v) is 23.5. The number of hydrogen-bond acceptors (Lipinski definition) is 3. The minimum absolute atomic E-state index is 0.0253. The van der Waals surface area contributed by atoms with E-state index in [9.17, 15) is 20.1 Å². The predicted molar refractivity (Wildman–Crippen MR) is 139 cm³/mol. The standard InChI is InChI=1S/C31H50O4/c1-25(2)11-15-31(24(34)35)16-13-27(5)19(20(31)17-25)9-10-22-28(27,6)12-14-30(8)26(3,4)23(33)21(32)18-29(22,30)7/h9,20-23,32-33H,10-18H2,1-8H3,(H,34,35). The summed E-state index contributed by atoms with van der Waals surface area (Å²) in [6.45, 7) is 18.7. The van der Waals surface area contributed by atoms with E-state index in [-0.39, 0.29) is 38.4 Å². The normalized spacial score (nSPS) is 54.4. The summed E-state index contributed by atoms with van der Waals surface area (Å²) in [5, 5.41) is 32.7. The summed E-state index contributed by atoms with van der Waals surface area (Å²) in [6.07, 6.45) is 9.28. The molecule has 198 valence electrons. The van der Waals surface area contributed by atoms with Gasteiger partial charge in [-0.3, -0.25) is 4.79 Å². The van der Waals surface area contributed by atoms with E-state index in [1.807, 2.05) is 0 Å². The van der Waals surface area contributed by atoms with Crippen LogP contribution in [0.2, 0.25) is 0 Å². The zero-order valence-electron chi connectivity index (χ0n) is 23.5. The SMILES string of the molecule is CC1(C)CCC2(C(=O)O)CCC3(C)C(=CCC4C3(C)CCC3(C)C(C)(C)C(O)C(O)CC43C)C2C1. The van der Waals surface area contributed by atoms with Crippen molar-refractivity contribution in [1.29, 1.82) is 0 Å². The molecule has 3 N–H and O–H groups in total. The van der Waals surface area contributed by atoms with Gasteiger partial charge in [0.15, 0.2) is 0 Å². The molecule has 0 aliphatic heterocycles.